The first-order valence-corrected chi connectivity index (χ1v) is 11.6. The summed E-state index contributed by atoms with van der Waals surface area (Å²) in [6, 6.07) is 20.6. The number of morpholine rings is 1. The van der Waals surface area contributed by atoms with Crippen molar-refractivity contribution in [3.63, 3.8) is 0 Å². The number of rotatable bonds is 8. The Labute approximate surface area is 195 Å². The van der Waals surface area contributed by atoms with Crippen LogP contribution < -0.4 is 10.6 Å². The van der Waals surface area contributed by atoms with Crippen molar-refractivity contribution >= 4 is 6.03 Å². The van der Waals surface area contributed by atoms with E-state index in [1.807, 2.05) is 48.0 Å². The first-order valence-electron chi connectivity index (χ1n) is 11.6. The van der Waals surface area contributed by atoms with E-state index in [0.717, 1.165) is 49.8 Å². The molecular weight excluding hydrogens is 414 g/mol. The second-order valence-corrected chi connectivity index (χ2v) is 8.43. The van der Waals surface area contributed by atoms with Gasteiger partial charge >= 0.3 is 6.03 Å². The van der Waals surface area contributed by atoms with Crippen LogP contribution in [-0.2, 0) is 17.8 Å². The Bertz CT molecular complexity index is 1030. The molecule has 1 aromatic heterocycles. The first-order chi connectivity index (χ1) is 16.1. The standard InChI is InChI=1S/C26H33N5O2/c1-20-24(21(2)31(29-20)19-22-9-5-3-6-10-22)17-27-26(32)28-18-25(23-11-7-4-8-12-23)30-13-15-33-16-14-30/h3-12,25H,13-19H2,1-2H3,(H2,27,28,32). The van der Waals surface area contributed by atoms with Crippen molar-refractivity contribution in [2.75, 3.05) is 32.8 Å². The third-order valence-electron chi connectivity index (χ3n) is 6.26. The predicted molar refractivity (Wildman–Crippen MR) is 129 cm³/mol. The number of carbonyl (C=O) groups excluding carboxylic acids is 1. The second-order valence-electron chi connectivity index (χ2n) is 8.43. The van der Waals surface area contributed by atoms with Gasteiger partial charge in [-0.25, -0.2) is 4.79 Å². The van der Waals surface area contributed by atoms with Crippen LogP contribution >= 0.6 is 0 Å². The molecule has 1 aliphatic rings. The minimum absolute atomic E-state index is 0.123. The molecule has 2 aromatic carbocycles. The molecule has 2 N–H and O–H groups in total. The SMILES string of the molecule is Cc1nn(Cc2ccccc2)c(C)c1CNC(=O)NCC(c1ccccc1)N1CCOCC1. The second kappa shape index (κ2) is 11.1. The molecule has 1 aliphatic heterocycles. The predicted octanol–water partition coefficient (Wildman–Crippen LogP) is 3.42. The highest BCUT2D eigenvalue weighted by atomic mass is 16.5. The minimum Gasteiger partial charge on any atom is -0.379 e. The fourth-order valence-electron chi connectivity index (χ4n) is 4.34. The van der Waals surface area contributed by atoms with Gasteiger partial charge in [-0.15, -0.1) is 0 Å². The summed E-state index contributed by atoms with van der Waals surface area (Å²) in [7, 11) is 0. The van der Waals surface area contributed by atoms with E-state index in [0.29, 0.717) is 13.1 Å². The molecule has 2 amide bonds. The zero-order valence-corrected chi connectivity index (χ0v) is 19.5. The molecule has 0 spiro atoms. The largest absolute Gasteiger partial charge is 0.379 e. The van der Waals surface area contributed by atoms with E-state index in [-0.39, 0.29) is 12.1 Å². The third kappa shape index (κ3) is 6.00. The Morgan fingerprint density at radius 1 is 1.00 bits per heavy atom. The Morgan fingerprint density at radius 3 is 2.36 bits per heavy atom. The van der Waals surface area contributed by atoms with Crippen molar-refractivity contribution < 1.29 is 9.53 Å². The average molecular weight is 448 g/mol. The summed E-state index contributed by atoms with van der Waals surface area (Å²) >= 11 is 0. The lowest BCUT2D eigenvalue weighted by Crippen LogP contribution is -2.45. The highest BCUT2D eigenvalue weighted by Crippen LogP contribution is 2.21. The number of nitrogens with zero attached hydrogens (tertiary/aromatic N) is 3. The van der Waals surface area contributed by atoms with E-state index in [1.54, 1.807) is 0 Å². The number of aromatic nitrogens is 2. The van der Waals surface area contributed by atoms with Gasteiger partial charge in [-0.05, 0) is 25.0 Å². The van der Waals surface area contributed by atoms with Crippen molar-refractivity contribution in [2.45, 2.75) is 33.0 Å². The van der Waals surface area contributed by atoms with E-state index in [9.17, 15) is 4.79 Å². The number of carbonyl (C=O) groups is 1. The fraction of sp³-hybridized carbons (Fsp3) is 0.385. The summed E-state index contributed by atoms with van der Waals surface area (Å²) < 4.78 is 7.51. The molecule has 33 heavy (non-hydrogen) atoms. The van der Waals surface area contributed by atoms with Crippen LogP contribution in [0.4, 0.5) is 4.79 Å². The van der Waals surface area contributed by atoms with Gasteiger partial charge in [-0.2, -0.15) is 5.10 Å². The minimum atomic E-state index is -0.168. The summed E-state index contributed by atoms with van der Waals surface area (Å²) in [6.07, 6.45) is 0. The quantitative estimate of drug-likeness (QED) is 0.555. The van der Waals surface area contributed by atoms with Gasteiger partial charge in [0.25, 0.3) is 0 Å². The summed E-state index contributed by atoms with van der Waals surface area (Å²) in [5, 5.41) is 10.8. The van der Waals surface area contributed by atoms with Gasteiger partial charge < -0.3 is 15.4 Å². The number of amides is 2. The highest BCUT2D eigenvalue weighted by molar-refractivity contribution is 5.74. The van der Waals surface area contributed by atoms with Gasteiger partial charge in [-0.1, -0.05) is 60.7 Å². The smallest absolute Gasteiger partial charge is 0.315 e. The molecule has 1 fully saturated rings. The maximum atomic E-state index is 12.7. The Kier molecular flexibility index (Phi) is 7.75. The lowest BCUT2D eigenvalue weighted by Gasteiger charge is -2.34. The lowest BCUT2D eigenvalue weighted by molar-refractivity contribution is 0.0167. The van der Waals surface area contributed by atoms with E-state index < -0.39 is 0 Å². The molecular formula is C26H33N5O2. The van der Waals surface area contributed by atoms with E-state index >= 15 is 0 Å². The average Bonchev–Trinajstić information content (AvgIpc) is 3.12. The number of hydrogen-bond donors (Lipinski definition) is 2. The first kappa shape index (κ1) is 23.0. The zero-order chi connectivity index (χ0) is 23.0. The molecule has 3 aromatic rings. The lowest BCUT2D eigenvalue weighted by atomic mass is 10.0. The van der Waals surface area contributed by atoms with E-state index in [1.165, 1.54) is 11.1 Å². The molecule has 2 heterocycles. The van der Waals surface area contributed by atoms with Gasteiger partial charge in [0.2, 0.25) is 0 Å². The van der Waals surface area contributed by atoms with Crippen molar-refractivity contribution in [3.05, 3.63) is 88.7 Å². The van der Waals surface area contributed by atoms with Crippen molar-refractivity contribution in [1.82, 2.24) is 25.3 Å². The number of nitrogens with one attached hydrogen (secondary N) is 2. The summed E-state index contributed by atoms with van der Waals surface area (Å²) in [4.78, 5) is 15.0. The maximum Gasteiger partial charge on any atom is 0.315 e. The molecule has 1 unspecified atom stereocenters. The summed E-state index contributed by atoms with van der Waals surface area (Å²) in [5.41, 5.74) is 5.49. The van der Waals surface area contributed by atoms with Crippen LogP contribution in [0.25, 0.3) is 0 Å². The number of aryl methyl sites for hydroxylation is 1. The fourth-order valence-corrected chi connectivity index (χ4v) is 4.34. The molecule has 7 nitrogen and oxygen atoms in total. The van der Waals surface area contributed by atoms with Crippen molar-refractivity contribution in [1.29, 1.82) is 0 Å². The molecule has 1 atom stereocenters. The van der Waals surface area contributed by atoms with E-state index in [4.69, 9.17) is 4.74 Å². The van der Waals surface area contributed by atoms with Gasteiger partial charge in [0.05, 0.1) is 31.5 Å². The molecule has 4 rings (SSSR count). The normalized spacial score (nSPS) is 15.2. The summed E-state index contributed by atoms with van der Waals surface area (Å²) in [5.74, 6) is 0. The van der Waals surface area contributed by atoms with Crippen LogP contribution in [0.1, 0.15) is 34.1 Å². The van der Waals surface area contributed by atoms with Crippen LogP contribution in [0.2, 0.25) is 0 Å². The Hall–Kier alpha value is -3.16. The number of hydrogen-bond acceptors (Lipinski definition) is 4. The molecule has 0 bridgehead atoms. The molecule has 0 aliphatic carbocycles. The monoisotopic (exact) mass is 447 g/mol. The van der Waals surface area contributed by atoms with Crippen LogP contribution in [0.5, 0.6) is 0 Å². The third-order valence-corrected chi connectivity index (χ3v) is 6.26. The van der Waals surface area contributed by atoms with Crippen molar-refractivity contribution in [3.8, 4) is 0 Å². The topological polar surface area (TPSA) is 71.4 Å². The zero-order valence-electron chi connectivity index (χ0n) is 19.5. The van der Waals surface area contributed by atoms with Gasteiger partial charge in [0.15, 0.2) is 0 Å². The molecule has 174 valence electrons. The van der Waals surface area contributed by atoms with Gasteiger partial charge in [0, 0.05) is 37.4 Å². The van der Waals surface area contributed by atoms with Gasteiger partial charge in [-0.3, -0.25) is 9.58 Å². The Balaban J connectivity index is 1.35. The van der Waals surface area contributed by atoms with Gasteiger partial charge in [0.1, 0.15) is 0 Å². The molecule has 0 radical (unpaired) electrons. The van der Waals surface area contributed by atoms with Crippen molar-refractivity contribution in [2.24, 2.45) is 0 Å². The maximum absolute atomic E-state index is 12.7. The number of benzene rings is 2. The van der Waals surface area contributed by atoms with Crippen LogP contribution in [-0.4, -0.2) is 53.6 Å². The van der Waals surface area contributed by atoms with E-state index in [2.05, 4.69) is 51.8 Å². The molecule has 0 saturated carbocycles. The van der Waals surface area contributed by atoms with Crippen LogP contribution in [0.3, 0.4) is 0 Å². The highest BCUT2D eigenvalue weighted by Gasteiger charge is 2.23. The number of urea groups is 1. The Morgan fingerprint density at radius 2 is 1.67 bits per heavy atom. The number of ether oxygens (including phenoxy) is 1. The molecule has 1 saturated heterocycles. The van der Waals surface area contributed by atoms with Crippen LogP contribution in [0, 0.1) is 13.8 Å². The summed E-state index contributed by atoms with van der Waals surface area (Å²) in [6.45, 7) is 8.94. The molecule has 7 heteroatoms. The van der Waals surface area contributed by atoms with Crippen LogP contribution in [0.15, 0.2) is 60.7 Å².